The Morgan fingerprint density at radius 2 is 2.00 bits per heavy atom. The van der Waals surface area contributed by atoms with Gasteiger partial charge >= 0.3 is 6.09 Å². The smallest absolute Gasteiger partial charge is 0.410 e. The van der Waals surface area contributed by atoms with Crippen molar-refractivity contribution in [3.8, 4) is 21.7 Å². The van der Waals surface area contributed by atoms with Crippen molar-refractivity contribution in [1.82, 2.24) is 34.8 Å². The molecule has 5 aromatic rings. The third-order valence-electron chi connectivity index (χ3n) is 6.21. The van der Waals surface area contributed by atoms with Crippen molar-refractivity contribution in [2.45, 2.75) is 39.3 Å². The fourth-order valence-electron chi connectivity index (χ4n) is 4.24. The summed E-state index contributed by atoms with van der Waals surface area (Å²) < 4.78 is 8.37. The Hall–Kier alpha value is -4.09. The number of ether oxygens (including phenoxy) is 1. The van der Waals surface area contributed by atoms with Gasteiger partial charge in [0.05, 0.1) is 23.3 Å². The summed E-state index contributed by atoms with van der Waals surface area (Å²) in [4.78, 5) is 28.5. The molecule has 212 valence electrons. The first-order valence-electron chi connectivity index (χ1n) is 13.2. The molecular formula is C29H31ClN8O2S. The molecular weight excluding hydrogens is 560 g/mol. The van der Waals surface area contributed by atoms with Gasteiger partial charge in [-0.15, -0.1) is 16.4 Å². The lowest BCUT2D eigenvalue weighted by Gasteiger charge is -2.24. The molecule has 0 radical (unpaired) electrons. The van der Waals surface area contributed by atoms with Crippen LogP contribution in [0.25, 0.3) is 31.8 Å². The lowest BCUT2D eigenvalue weighted by molar-refractivity contribution is 0.0300. The largest absolute Gasteiger partial charge is 0.444 e. The van der Waals surface area contributed by atoms with Crippen LogP contribution in [0, 0.1) is 0 Å². The number of anilines is 1. The number of amides is 1. The molecule has 0 aliphatic carbocycles. The summed E-state index contributed by atoms with van der Waals surface area (Å²) in [5.74, 6) is 0.553. The van der Waals surface area contributed by atoms with E-state index in [4.69, 9.17) is 21.3 Å². The molecule has 0 spiro atoms. The Morgan fingerprint density at radius 1 is 1.15 bits per heavy atom. The highest BCUT2D eigenvalue weighted by molar-refractivity contribution is 7.22. The zero-order chi connectivity index (χ0) is 29.0. The summed E-state index contributed by atoms with van der Waals surface area (Å²) in [6, 6.07) is 12.2. The maximum absolute atomic E-state index is 12.5. The van der Waals surface area contributed by atoms with Crippen LogP contribution in [0.3, 0.4) is 0 Å². The van der Waals surface area contributed by atoms with Gasteiger partial charge in [-0.3, -0.25) is 4.68 Å². The maximum Gasteiger partial charge on any atom is 0.410 e. The molecule has 1 amide bonds. The molecule has 1 aromatic carbocycles. The zero-order valence-electron chi connectivity index (χ0n) is 23.3. The van der Waals surface area contributed by atoms with Crippen molar-refractivity contribution in [2.24, 2.45) is 0 Å². The Morgan fingerprint density at radius 3 is 2.78 bits per heavy atom. The quantitative estimate of drug-likeness (QED) is 0.202. The van der Waals surface area contributed by atoms with E-state index in [1.165, 1.54) is 0 Å². The molecule has 5 rings (SSSR count). The second-order valence-electron chi connectivity index (χ2n) is 10.5. The molecule has 1 N–H and O–H groups in total. The molecule has 0 aliphatic rings. The van der Waals surface area contributed by atoms with Gasteiger partial charge < -0.3 is 15.0 Å². The third-order valence-corrected chi connectivity index (χ3v) is 7.63. The van der Waals surface area contributed by atoms with Gasteiger partial charge in [0.2, 0.25) is 5.95 Å². The van der Waals surface area contributed by atoms with Gasteiger partial charge in [-0.05, 0) is 67.5 Å². The van der Waals surface area contributed by atoms with Gasteiger partial charge in [-0.25, -0.2) is 19.7 Å². The number of pyridine rings is 1. The van der Waals surface area contributed by atoms with Crippen molar-refractivity contribution in [2.75, 3.05) is 25.5 Å². The lowest BCUT2D eigenvalue weighted by Crippen LogP contribution is -2.35. The summed E-state index contributed by atoms with van der Waals surface area (Å²) in [5, 5.41) is 12.6. The topological polar surface area (TPSA) is 111 Å². The number of hydrogen-bond donors (Lipinski definition) is 1. The molecule has 0 saturated heterocycles. The molecule has 0 aliphatic heterocycles. The van der Waals surface area contributed by atoms with Crippen LogP contribution in [-0.4, -0.2) is 66.7 Å². The van der Waals surface area contributed by atoms with Crippen molar-refractivity contribution in [3.63, 3.8) is 0 Å². The number of carbonyl (C=O) groups excluding carboxylic acids is 1. The Balaban J connectivity index is 1.38. The van der Waals surface area contributed by atoms with E-state index in [1.807, 2.05) is 45.2 Å². The minimum absolute atomic E-state index is 0.358. The predicted octanol–water partition coefficient (Wildman–Crippen LogP) is 6.19. The van der Waals surface area contributed by atoms with Crippen LogP contribution in [-0.2, 0) is 17.7 Å². The zero-order valence-corrected chi connectivity index (χ0v) is 24.9. The number of nitrogens with one attached hydrogen (secondary N) is 1. The van der Waals surface area contributed by atoms with Gasteiger partial charge in [0.25, 0.3) is 0 Å². The monoisotopic (exact) mass is 590 g/mol. The maximum atomic E-state index is 12.5. The summed E-state index contributed by atoms with van der Waals surface area (Å²) in [7, 11) is 1.74. The number of rotatable bonds is 9. The fraction of sp³-hybridized carbons (Fsp3) is 0.310. The average molecular weight is 591 g/mol. The summed E-state index contributed by atoms with van der Waals surface area (Å²) in [5.41, 5.74) is 3.32. The number of halogens is 1. The second-order valence-corrected chi connectivity index (χ2v) is 11.9. The molecule has 0 bridgehead atoms. The summed E-state index contributed by atoms with van der Waals surface area (Å²) in [6.45, 7) is 7.33. The Kier molecular flexibility index (Phi) is 8.46. The number of carbonyl (C=O) groups is 1. The molecule has 0 fully saturated rings. The van der Waals surface area contributed by atoms with E-state index in [-0.39, 0.29) is 6.09 Å². The Bertz CT molecular complexity index is 1650. The van der Waals surface area contributed by atoms with E-state index in [2.05, 4.69) is 43.8 Å². The van der Waals surface area contributed by atoms with Crippen molar-refractivity contribution >= 4 is 45.1 Å². The van der Waals surface area contributed by atoms with Gasteiger partial charge in [0, 0.05) is 43.4 Å². The number of hydrogen-bond acceptors (Lipinski definition) is 9. The van der Waals surface area contributed by atoms with E-state index in [0.29, 0.717) is 37.2 Å². The normalized spacial score (nSPS) is 11.5. The molecule has 4 heterocycles. The molecule has 0 unspecified atom stereocenters. The van der Waals surface area contributed by atoms with E-state index >= 15 is 0 Å². The number of thiophene rings is 1. The molecule has 12 heteroatoms. The minimum atomic E-state index is -0.552. The van der Waals surface area contributed by atoms with Crippen LogP contribution in [0.2, 0.25) is 5.15 Å². The fourth-order valence-corrected chi connectivity index (χ4v) is 5.56. The van der Waals surface area contributed by atoms with Crippen LogP contribution >= 0.6 is 22.9 Å². The van der Waals surface area contributed by atoms with Crippen LogP contribution in [0.15, 0.2) is 61.2 Å². The molecule has 10 nitrogen and oxygen atoms in total. The predicted molar refractivity (Wildman–Crippen MR) is 162 cm³/mol. The first-order chi connectivity index (χ1) is 19.7. The molecule has 0 atom stereocenters. The van der Waals surface area contributed by atoms with Crippen molar-refractivity contribution in [3.05, 3.63) is 71.9 Å². The molecule has 41 heavy (non-hydrogen) atoms. The molecule has 0 saturated carbocycles. The van der Waals surface area contributed by atoms with Gasteiger partial charge in [0.15, 0.2) is 0 Å². The average Bonchev–Trinajstić information content (AvgIpc) is 3.61. The SMILES string of the molecule is CN(CCc1cnc(Cl)cc1-c1cccc2cc(-c3ccnc(NCCn4ccnn4)n3)sc12)C(=O)OC(C)(C)C. The Labute approximate surface area is 247 Å². The van der Waals surface area contributed by atoms with E-state index in [1.54, 1.807) is 46.6 Å². The van der Waals surface area contributed by atoms with E-state index < -0.39 is 5.60 Å². The number of nitrogens with zero attached hydrogens (tertiary/aromatic N) is 7. The van der Waals surface area contributed by atoms with Gasteiger partial charge in [-0.1, -0.05) is 35.0 Å². The highest BCUT2D eigenvalue weighted by Gasteiger charge is 2.20. The first-order valence-corrected chi connectivity index (χ1v) is 14.4. The third kappa shape index (κ3) is 7.17. The summed E-state index contributed by atoms with van der Waals surface area (Å²) in [6.07, 6.45) is 7.25. The van der Waals surface area contributed by atoms with E-state index in [9.17, 15) is 4.79 Å². The van der Waals surface area contributed by atoms with Crippen LogP contribution in [0.1, 0.15) is 26.3 Å². The van der Waals surface area contributed by atoms with Crippen molar-refractivity contribution < 1.29 is 9.53 Å². The highest BCUT2D eigenvalue weighted by atomic mass is 35.5. The number of benzene rings is 1. The summed E-state index contributed by atoms with van der Waals surface area (Å²) >= 11 is 8.04. The lowest BCUT2D eigenvalue weighted by atomic mass is 9.98. The number of aromatic nitrogens is 6. The molecule has 4 aromatic heterocycles. The van der Waals surface area contributed by atoms with Crippen molar-refractivity contribution in [1.29, 1.82) is 0 Å². The van der Waals surface area contributed by atoms with Gasteiger partial charge in [0.1, 0.15) is 10.8 Å². The van der Waals surface area contributed by atoms with E-state index in [0.717, 1.165) is 37.3 Å². The first kappa shape index (κ1) is 28.4. The minimum Gasteiger partial charge on any atom is -0.444 e. The van der Waals surface area contributed by atoms with Crippen LogP contribution in [0.5, 0.6) is 0 Å². The number of likely N-dealkylation sites (N-methyl/N-ethyl adjacent to an activating group) is 1. The van der Waals surface area contributed by atoms with Crippen LogP contribution in [0.4, 0.5) is 10.7 Å². The van der Waals surface area contributed by atoms with Gasteiger partial charge in [-0.2, -0.15) is 0 Å². The standard InChI is InChI=1S/C29H31ClN8O2S/c1-29(2,3)40-28(39)37(4)13-9-20-18-33-25(30)17-22(20)21-7-5-6-19-16-24(41-26(19)21)23-8-10-31-27(35-23)32-11-14-38-15-12-34-36-38/h5-8,10,12,15-18H,9,11,13-14H2,1-4H3,(H,31,32,35). The van der Waals surface area contributed by atoms with Crippen LogP contribution < -0.4 is 5.32 Å². The second kappa shape index (κ2) is 12.2. The highest BCUT2D eigenvalue weighted by Crippen LogP contribution is 2.40. The number of fused-ring (bicyclic) bond motifs is 1.